The molecule has 4 amide bonds. The van der Waals surface area contributed by atoms with Crippen molar-refractivity contribution in [3.05, 3.63) is 23.8 Å². The van der Waals surface area contributed by atoms with Crippen LogP contribution in [0.2, 0.25) is 0 Å². The summed E-state index contributed by atoms with van der Waals surface area (Å²) in [5, 5.41) is 8.66. The number of urea groups is 2. The number of hydrogen-bond acceptors (Lipinski definition) is 6. The van der Waals surface area contributed by atoms with Gasteiger partial charge in [-0.3, -0.25) is 0 Å². The highest BCUT2D eigenvalue weighted by Crippen LogP contribution is 2.29. The minimum atomic E-state index is -0.669. The van der Waals surface area contributed by atoms with Crippen molar-refractivity contribution in [3.63, 3.8) is 0 Å². The van der Waals surface area contributed by atoms with Gasteiger partial charge in [-0.1, -0.05) is 6.07 Å². The number of benzene rings is 1. The molecule has 0 saturated carbocycles. The summed E-state index contributed by atoms with van der Waals surface area (Å²) in [5.41, 5.74) is 8.16. The first-order valence-corrected chi connectivity index (χ1v) is 6.96. The Labute approximate surface area is 138 Å². The van der Waals surface area contributed by atoms with Gasteiger partial charge >= 0.3 is 12.1 Å². The molecule has 0 atom stereocenters. The van der Waals surface area contributed by atoms with E-state index in [-0.39, 0.29) is 6.54 Å². The number of carbonyl (C=O) groups excluding carboxylic acids is 2. The van der Waals surface area contributed by atoms with Crippen LogP contribution in [0.25, 0.3) is 0 Å². The first-order chi connectivity index (χ1) is 11.5. The lowest BCUT2D eigenvalue weighted by Gasteiger charge is -2.25. The van der Waals surface area contributed by atoms with Gasteiger partial charge in [0.15, 0.2) is 11.5 Å². The highest BCUT2D eigenvalue weighted by atomic mass is 16.5. The van der Waals surface area contributed by atoms with Crippen molar-refractivity contribution in [2.24, 2.45) is 10.2 Å². The number of nitrogens with zero attached hydrogens (tertiary/aromatic N) is 3. The highest BCUT2D eigenvalue weighted by molar-refractivity contribution is 5.92. The lowest BCUT2D eigenvalue weighted by atomic mass is 10.2. The predicted molar refractivity (Wildman–Crippen MR) is 87.2 cm³/mol. The monoisotopic (exact) mass is 334 g/mol. The predicted octanol–water partition coefficient (Wildman–Crippen LogP) is 0.653. The maximum absolute atomic E-state index is 11.8. The zero-order valence-electron chi connectivity index (χ0n) is 13.5. The van der Waals surface area contributed by atoms with Crippen LogP contribution in [-0.4, -0.2) is 49.8 Å². The van der Waals surface area contributed by atoms with Crippen molar-refractivity contribution >= 4 is 24.0 Å². The van der Waals surface area contributed by atoms with Gasteiger partial charge in [-0.15, -0.1) is 0 Å². The molecule has 24 heavy (non-hydrogen) atoms. The van der Waals surface area contributed by atoms with Gasteiger partial charge in [-0.05, 0) is 19.1 Å². The lowest BCUT2D eigenvalue weighted by Crippen LogP contribution is -2.55. The number of hydrazine groups is 1. The van der Waals surface area contributed by atoms with Crippen LogP contribution in [0.4, 0.5) is 9.59 Å². The molecule has 1 aromatic rings. The highest BCUT2D eigenvalue weighted by Gasteiger charge is 2.20. The van der Waals surface area contributed by atoms with E-state index in [0.29, 0.717) is 22.8 Å². The van der Waals surface area contributed by atoms with Crippen molar-refractivity contribution in [1.29, 1.82) is 0 Å². The third kappa shape index (κ3) is 4.12. The Balaban J connectivity index is 1.96. The molecule has 0 spiro atoms. The molecule has 0 saturated heterocycles. The number of para-hydroxylation sites is 1. The summed E-state index contributed by atoms with van der Waals surface area (Å²) < 4.78 is 10.4. The van der Waals surface area contributed by atoms with Crippen LogP contribution < -0.4 is 25.8 Å². The first-order valence-electron chi connectivity index (χ1n) is 6.96. The van der Waals surface area contributed by atoms with E-state index in [1.54, 1.807) is 25.1 Å². The van der Waals surface area contributed by atoms with Gasteiger partial charge in [0.1, 0.15) is 0 Å². The van der Waals surface area contributed by atoms with E-state index >= 15 is 0 Å². The van der Waals surface area contributed by atoms with E-state index in [9.17, 15) is 9.59 Å². The first kappa shape index (κ1) is 17.1. The number of methoxy groups -OCH3 is 2. The van der Waals surface area contributed by atoms with E-state index in [4.69, 9.17) is 9.47 Å². The molecule has 3 N–H and O–H groups in total. The average Bonchev–Trinajstić information content (AvgIpc) is 2.57. The molecular weight excluding hydrogens is 316 g/mol. The second-order valence-electron chi connectivity index (χ2n) is 4.74. The molecule has 0 radical (unpaired) electrons. The molecule has 1 aliphatic rings. The molecule has 1 heterocycles. The second-order valence-corrected chi connectivity index (χ2v) is 4.74. The molecule has 0 aliphatic carbocycles. The quantitative estimate of drug-likeness (QED) is 0.541. The fourth-order valence-corrected chi connectivity index (χ4v) is 1.95. The third-order valence-electron chi connectivity index (χ3n) is 3.01. The van der Waals surface area contributed by atoms with Crippen LogP contribution in [0.5, 0.6) is 11.5 Å². The molecule has 2 rings (SSSR count). The molecule has 0 aromatic heterocycles. The van der Waals surface area contributed by atoms with Gasteiger partial charge in [0.05, 0.1) is 32.7 Å². The number of carbonyl (C=O) groups is 2. The van der Waals surface area contributed by atoms with E-state index in [1.807, 2.05) is 0 Å². The zero-order valence-corrected chi connectivity index (χ0v) is 13.5. The van der Waals surface area contributed by atoms with Crippen LogP contribution in [0.3, 0.4) is 0 Å². The molecule has 0 bridgehead atoms. The number of hydrazone groups is 2. The Bertz CT molecular complexity index is 688. The molecule has 0 unspecified atom stereocenters. The molecule has 1 aliphatic heterocycles. The minimum absolute atomic E-state index is 0.187. The van der Waals surface area contributed by atoms with E-state index in [1.165, 1.54) is 20.4 Å². The summed E-state index contributed by atoms with van der Waals surface area (Å²) in [4.78, 5) is 23.3. The van der Waals surface area contributed by atoms with Crippen LogP contribution in [0, 0.1) is 0 Å². The van der Waals surface area contributed by atoms with Gasteiger partial charge in [0.2, 0.25) is 0 Å². The standard InChI is InChI=1S/C14H18N6O4/c1-9-8-20(14(22)18-16-9)19-13(21)17-15-7-10-5-4-6-11(23-2)12(10)24-3/h4-7H,8H2,1-3H3,(H,18,22)(H2,17,19,21)/b15-7+. The van der Waals surface area contributed by atoms with Crippen LogP contribution in [0.15, 0.2) is 28.4 Å². The Hall–Kier alpha value is -3.30. The Morgan fingerprint density at radius 3 is 2.92 bits per heavy atom. The summed E-state index contributed by atoms with van der Waals surface area (Å²) in [6.07, 6.45) is 1.41. The van der Waals surface area contributed by atoms with Crippen molar-refractivity contribution in [1.82, 2.24) is 21.3 Å². The normalized spacial score (nSPS) is 14.0. The minimum Gasteiger partial charge on any atom is -0.493 e. The number of nitrogens with one attached hydrogen (secondary N) is 3. The lowest BCUT2D eigenvalue weighted by molar-refractivity contribution is 0.173. The molecule has 0 fully saturated rings. The summed E-state index contributed by atoms with van der Waals surface area (Å²) in [6.45, 7) is 1.91. The van der Waals surface area contributed by atoms with Gasteiger partial charge in [-0.25, -0.2) is 30.9 Å². The van der Waals surface area contributed by atoms with Crippen molar-refractivity contribution in [3.8, 4) is 11.5 Å². The summed E-state index contributed by atoms with van der Waals surface area (Å²) >= 11 is 0. The van der Waals surface area contributed by atoms with Gasteiger partial charge < -0.3 is 9.47 Å². The number of rotatable bonds is 5. The maximum atomic E-state index is 11.8. The molecule has 128 valence electrons. The average molecular weight is 334 g/mol. The van der Waals surface area contributed by atoms with Crippen molar-refractivity contribution < 1.29 is 19.1 Å². The van der Waals surface area contributed by atoms with Gasteiger partial charge in [0, 0.05) is 5.56 Å². The van der Waals surface area contributed by atoms with Crippen LogP contribution >= 0.6 is 0 Å². The smallest absolute Gasteiger partial charge is 0.356 e. The fourth-order valence-electron chi connectivity index (χ4n) is 1.95. The van der Waals surface area contributed by atoms with Crippen LogP contribution in [0.1, 0.15) is 12.5 Å². The van der Waals surface area contributed by atoms with E-state index in [0.717, 1.165) is 5.01 Å². The van der Waals surface area contributed by atoms with E-state index in [2.05, 4.69) is 26.5 Å². The van der Waals surface area contributed by atoms with Crippen molar-refractivity contribution in [2.45, 2.75) is 6.92 Å². The Morgan fingerprint density at radius 2 is 2.21 bits per heavy atom. The Kier molecular flexibility index (Phi) is 5.55. The van der Waals surface area contributed by atoms with E-state index < -0.39 is 12.1 Å². The molecule has 10 heteroatoms. The number of amides is 4. The fraction of sp³-hybridized carbons (Fsp3) is 0.286. The summed E-state index contributed by atoms with van der Waals surface area (Å²) in [6, 6.07) is 4.06. The topological polar surface area (TPSA) is 117 Å². The molecule has 1 aromatic carbocycles. The summed E-state index contributed by atoms with van der Waals surface area (Å²) in [7, 11) is 3.04. The number of ether oxygens (including phenoxy) is 2. The second kappa shape index (κ2) is 7.81. The summed E-state index contributed by atoms with van der Waals surface area (Å²) in [5.74, 6) is 1.04. The maximum Gasteiger partial charge on any atom is 0.356 e. The molecule has 10 nitrogen and oxygen atoms in total. The SMILES string of the molecule is COc1cccc(/C=N/NC(=O)NN2CC(C)=NNC2=O)c1OC. The molecular formula is C14H18N6O4. The Morgan fingerprint density at radius 1 is 1.42 bits per heavy atom. The van der Waals surface area contributed by atoms with Gasteiger partial charge in [-0.2, -0.15) is 10.2 Å². The van der Waals surface area contributed by atoms with Crippen LogP contribution in [-0.2, 0) is 0 Å². The largest absolute Gasteiger partial charge is 0.493 e. The van der Waals surface area contributed by atoms with Crippen molar-refractivity contribution in [2.75, 3.05) is 20.8 Å². The zero-order chi connectivity index (χ0) is 17.5. The van der Waals surface area contributed by atoms with Gasteiger partial charge in [0.25, 0.3) is 0 Å². The number of hydrogen-bond donors (Lipinski definition) is 3. The third-order valence-corrected chi connectivity index (χ3v) is 3.01.